The van der Waals surface area contributed by atoms with Gasteiger partial charge < -0.3 is 15.5 Å². The number of anilines is 2. The zero-order valence-corrected chi connectivity index (χ0v) is 11.6. The number of nitrogens with two attached hydrogens (primary N) is 1. The van der Waals surface area contributed by atoms with Crippen LogP contribution in [0.15, 0.2) is 18.3 Å². The predicted octanol–water partition coefficient (Wildman–Crippen LogP) is 1.53. The van der Waals surface area contributed by atoms with E-state index in [1.54, 1.807) is 6.20 Å². The Hall–Kier alpha value is -1.75. The van der Waals surface area contributed by atoms with E-state index in [0.29, 0.717) is 0 Å². The average Bonchev–Trinajstić information content (AvgIpc) is 2.96. The lowest BCUT2D eigenvalue weighted by Crippen LogP contribution is -2.27. The number of hydrogen-bond acceptors (Lipinski definition) is 4. The van der Waals surface area contributed by atoms with Crippen molar-refractivity contribution in [1.29, 1.82) is 0 Å². The summed E-state index contributed by atoms with van der Waals surface area (Å²) in [4.78, 5) is 4.65. The first-order valence-corrected chi connectivity index (χ1v) is 6.76. The minimum Gasteiger partial charge on any atom is -0.397 e. The minimum absolute atomic E-state index is 0.729. The Morgan fingerprint density at radius 2 is 2.37 bits per heavy atom. The molecule has 5 nitrogen and oxygen atoms in total. The summed E-state index contributed by atoms with van der Waals surface area (Å²) in [6.45, 7) is 3.43. The highest BCUT2D eigenvalue weighted by Gasteiger charge is 2.21. The van der Waals surface area contributed by atoms with Crippen LogP contribution in [0.3, 0.4) is 0 Å². The van der Waals surface area contributed by atoms with Gasteiger partial charge in [-0.3, -0.25) is 5.10 Å². The second-order valence-electron chi connectivity index (χ2n) is 5.67. The number of aromatic nitrogens is 2. The van der Waals surface area contributed by atoms with Crippen LogP contribution in [0.1, 0.15) is 6.42 Å². The van der Waals surface area contributed by atoms with Crippen LogP contribution < -0.4 is 10.6 Å². The molecule has 0 saturated carbocycles. The van der Waals surface area contributed by atoms with Gasteiger partial charge in [-0.1, -0.05) is 0 Å². The van der Waals surface area contributed by atoms with Gasteiger partial charge in [0.05, 0.1) is 23.1 Å². The number of benzene rings is 1. The molecule has 1 aliphatic rings. The SMILES string of the molecule is CN1CCC(CN(C)c2cc3[nH]ncc3cc2N)C1. The van der Waals surface area contributed by atoms with Crippen molar-refractivity contribution in [3.63, 3.8) is 0 Å². The summed E-state index contributed by atoms with van der Waals surface area (Å²) in [5.41, 5.74) is 9.11. The maximum atomic E-state index is 6.15. The monoisotopic (exact) mass is 259 g/mol. The minimum atomic E-state index is 0.729. The van der Waals surface area contributed by atoms with E-state index in [-0.39, 0.29) is 0 Å². The van der Waals surface area contributed by atoms with Gasteiger partial charge in [0, 0.05) is 25.5 Å². The van der Waals surface area contributed by atoms with Crippen molar-refractivity contribution in [3.05, 3.63) is 18.3 Å². The number of likely N-dealkylation sites (tertiary alicyclic amines) is 1. The number of fused-ring (bicyclic) bond motifs is 1. The Balaban J connectivity index is 1.80. The first kappa shape index (κ1) is 12.3. The van der Waals surface area contributed by atoms with Crippen LogP contribution in [0, 0.1) is 5.92 Å². The molecule has 2 aromatic rings. The van der Waals surface area contributed by atoms with Crippen LogP contribution in [-0.4, -0.2) is 48.8 Å². The molecule has 0 radical (unpaired) electrons. The molecule has 2 heterocycles. The first-order chi connectivity index (χ1) is 9.13. The number of hydrogen-bond donors (Lipinski definition) is 2. The summed E-state index contributed by atoms with van der Waals surface area (Å²) in [5.74, 6) is 0.729. The lowest BCUT2D eigenvalue weighted by Gasteiger charge is -2.24. The van der Waals surface area contributed by atoms with Gasteiger partial charge in [-0.05, 0) is 38.1 Å². The van der Waals surface area contributed by atoms with E-state index in [4.69, 9.17) is 5.73 Å². The molecule has 102 valence electrons. The van der Waals surface area contributed by atoms with Crippen LogP contribution in [-0.2, 0) is 0 Å². The normalized spacial score (nSPS) is 20.2. The van der Waals surface area contributed by atoms with Gasteiger partial charge in [-0.2, -0.15) is 5.10 Å². The molecule has 1 aromatic heterocycles. The number of H-pyrrole nitrogens is 1. The molecular weight excluding hydrogens is 238 g/mol. The summed E-state index contributed by atoms with van der Waals surface area (Å²) in [6.07, 6.45) is 3.08. The van der Waals surface area contributed by atoms with E-state index in [2.05, 4.69) is 40.2 Å². The molecule has 1 aromatic carbocycles. The summed E-state index contributed by atoms with van der Waals surface area (Å²) >= 11 is 0. The second kappa shape index (κ2) is 4.74. The molecule has 0 spiro atoms. The number of aromatic amines is 1. The molecule has 3 rings (SSSR count). The Morgan fingerprint density at radius 3 is 3.11 bits per heavy atom. The third-order valence-corrected chi connectivity index (χ3v) is 4.02. The van der Waals surface area contributed by atoms with Gasteiger partial charge in [0.1, 0.15) is 0 Å². The first-order valence-electron chi connectivity index (χ1n) is 6.76. The van der Waals surface area contributed by atoms with Crippen molar-refractivity contribution in [2.75, 3.05) is 44.4 Å². The molecular formula is C14H21N5. The summed E-state index contributed by atoms with van der Waals surface area (Å²) in [7, 11) is 4.30. The summed E-state index contributed by atoms with van der Waals surface area (Å²) in [6, 6.07) is 4.09. The van der Waals surface area contributed by atoms with Crippen molar-refractivity contribution < 1.29 is 0 Å². The van der Waals surface area contributed by atoms with E-state index in [1.165, 1.54) is 19.5 Å². The Labute approximate surface area is 113 Å². The highest BCUT2D eigenvalue weighted by Crippen LogP contribution is 2.28. The van der Waals surface area contributed by atoms with Gasteiger partial charge >= 0.3 is 0 Å². The molecule has 19 heavy (non-hydrogen) atoms. The van der Waals surface area contributed by atoms with E-state index in [9.17, 15) is 0 Å². The van der Waals surface area contributed by atoms with Gasteiger partial charge in [0.2, 0.25) is 0 Å². The smallest absolute Gasteiger partial charge is 0.0672 e. The molecule has 3 N–H and O–H groups in total. The molecule has 1 fully saturated rings. The van der Waals surface area contributed by atoms with Crippen LogP contribution in [0.4, 0.5) is 11.4 Å². The van der Waals surface area contributed by atoms with Crippen LogP contribution in [0.2, 0.25) is 0 Å². The van der Waals surface area contributed by atoms with E-state index < -0.39 is 0 Å². The van der Waals surface area contributed by atoms with Crippen molar-refractivity contribution in [2.45, 2.75) is 6.42 Å². The van der Waals surface area contributed by atoms with Gasteiger partial charge in [-0.15, -0.1) is 0 Å². The molecule has 1 saturated heterocycles. The number of nitrogens with one attached hydrogen (secondary N) is 1. The lowest BCUT2D eigenvalue weighted by molar-refractivity contribution is 0.396. The van der Waals surface area contributed by atoms with Crippen molar-refractivity contribution in [2.24, 2.45) is 5.92 Å². The van der Waals surface area contributed by atoms with Gasteiger partial charge in [-0.25, -0.2) is 0 Å². The Morgan fingerprint density at radius 1 is 1.53 bits per heavy atom. The molecule has 0 amide bonds. The molecule has 1 unspecified atom stereocenters. The molecule has 0 bridgehead atoms. The van der Waals surface area contributed by atoms with Gasteiger partial charge in [0.25, 0.3) is 0 Å². The maximum absolute atomic E-state index is 6.15. The van der Waals surface area contributed by atoms with Crippen molar-refractivity contribution >= 4 is 22.3 Å². The fraction of sp³-hybridized carbons (Fsp3) is 0.500. The quantitative estimate of drug-likeness (QED) is 0.821. The van der Waals surface area contributed by atoms with Crippen molar-refractivity contribution in [3.8, 4) is 0 Å². The van der Waals surface area contributed by atoms with Gasteiger partial charge in [0.15, 0.2) is 0 Å². The average molecular weight is 259 g/mol. The summed E-state index contributed by atoms with van der Waals surface area (Å²) < 4.78 is 0. The Kier molecular flexibility index (Phi) is 3.06. The molecule has 1 aliphatic heterocycles. The van der Waals surface area contributed by atoms with Crippen LogP contribution >= 0.6 is 0 Å². The molecule has 0 aliphatic carbocycles. The zero-order valence-electron chi connectivity index (χ0n) is 11.6. The predicted molar refractivity (Wildman–Crippen MR) is 79.4 cm³/mol. The van der Waals surface area contributed by atoms with E-state index in [1.807, 2.05) is 6.07 Å². The number of rotatable bonds is 3. The van der Waals surface area contributed by atoms with Crippen molar-refractivity contribution in [1.82, 2.24) is 15.1 Å². The summed E-state index contributed by atoms with van der Waals surface area (Å²) in [5, 5.41) is 8.12. The standard InChI is InChI=1S/C14H21N5/c1-18-4-3-10(8-18)9-19(2)14-6-13-11(5-12(14)15)7-16-17-13/h5-7,10H,3-4,8-9,15H2,1-2H3,(H,16,17). The van der Waals surface area contributed by atoms with E-state index >= 15 is 0 Å². The third-order valence-electron chi connectivity index (χ3n) is 4.02. The zero-order chi connectivity index (χ0) is 13.4. The number of nitrogen functional groups attached to an aromatic ring is 1. The lowest BCUT2D eigenvalue weighted by atomic mass is 10.1. The fourth-order valence-corrected chi connectivity index (χ4v) is 2.99. The molecule has 5 heteroatoms. The van der Waals surface area contributed by atoms with Crippen LogP contribution in [0.5, 0.6) is 0 Å². The third kappa shape index (κ3) is 2.38. The fourth-order valence-electron chi connectivity index (χ4n) is 2.99. The highest BCUT2D eigenvalue weighted by molar-refractivity contribution is 5.88. The second-order valence-corrected chi connectivity index (χ2v) is 5.67. The Bertz CT molecular complexity index is 576. The molecule has 1 atom stereocenters. The maximum Gasteiger partial charge on any atom is 0.0672 e. The topological polar surface area (TPSA) is 61.2 Å². The largest absolute Gasteiger partial charge is 0.397 e. The number of nitrogens with zero attached hydrogens (tertiary/aromatic N) is 3. The highest BCUT2D eigenvalue weighted by atomic mass is 15.2. The van der Waals surface area contributed by atoms with Crippen LogP contribution in [0.25, 0.3) is 10.9 Å². The van der Waals surface area contributed by atoms with E-state index in [0.717, 1.165) is 34.7 Å².